The third-order valence-corrected chi connectivity index (χ3v) is 3.37. The lowest BCUT2D eigenvalue weighted by atomic mass is 9.98. The van der Waals surface area contributed by atoms with E-state index in [9.17, 15) is 4.79 Å². The van der Waals surface area contributed by atoms with Gasteiger partial charge < -0.3 is 4.74 Å². The Kier molecular flexibility index (Phi) is 4.36. The molecule has 5 heteroatoms. The van der Waals surface area contributed by atoms with E-state index in [-0.39, 0.29) is 5.69 Å². The van der Waals surface area contributed by atoms with Gasteiger partial charge in [-0.05, 0) is 12.8 Å². The Morgan fingerprint density at radius 2 is 2.18 bits per heavy atom. The van der Waals surface area contributed by atoms with Crippen LogP contribution in [0.3, 0.4) is 0 Å². The minimum absolute atomic E-state index is 0.130. The summed E-state index contributed by atoms with van der Waals surface area (Å²) >= 11 is 0. The number of nitrogens with one attached hydrogen (secondary N) is 1. The van der Waals surface area contributed by atoms with Crippen LogP contribution in [-0.4, -0.2) is 27.5 Å². The van der Waals surface area contributed by atoms with Crippen LogP contribution < -0.4 is 5.69 Å². The van der Waals surface area contributed by atoms with E-state index in [1.54, 1.807) is 4.57 Å². The number of aromatic amines is 1. The van der Waals surface area contributed by atoms with E-state index >= 15 is 0 Å². The first-order valence-corrected chi connectivity index (χ1v) is 6.57. The molecule has 2 rings (SSSR count). The standard InChI is InChI=1S/C12H21N3O2/c1-2-11-13-14-12(16)15(11)8-9-17-10-6-4-3-5-7-10/h10H,2-9H2,1H3,(H,14,16). The van der Waals surface area contributed by atoms with Gasteiger partial charge in [0.05, 0.1) is 19.3 Å². The van der Waals surface area contributed by atoms with E-state index in [2.05, 4.69) is 10.2 Å². The van der Waals surface area contributed by atoms with Gasteiger partial charge >= 0.3 is 5.69 Å². The molecule has 0 amide bonds. The maximum atomic E-state index is 11.5. The Balaban J connectivity index is 1.81. The first-order valence-electron chi connectivity index (χ1n) is 6.57. The van der Waals surface area contributed by atoms with Crippen molar-refractivity contribution < 1.29 is 4.74 Å². The topological polar surface area (TPSA) is 59.9 Å². The first-order chi connectivity index (χ1) is 8.31. The van der Waals surface area contributed by atoms with Crippen LogP contribution in [0, 0.1) is 0 Å². The zero-order valence-electron chi connectivity index (χ0n) is 10.4. The maximum Gasteiger partial charge on any atom is 0.343 e. The third-order valence-electron chi connectivity index (χ3n) is 3.37. The molecular weight excluding hydrogens is 218 g/mol. The van der Waals surface area contributed by atoms with Gasteiger partial charge in [0.1, 0.15) is 5.82 Å². The molecule has 96 valence electrons. The molecule has 0 aliphatic heterocycles. The molecule has 1 aromatic heterocycles. The summed E-state index contributed by atoms with van der Waals surface area (Å²) in [6, 6.07) is 0. The normalized spacial score (nSPS) is 17.5. The van der Waals surface area contributed by atoms with Gasteiger partial charge in [-0.1, -0.05) is 26.2 Å². The predicted molar refractivity (Wildman–Crippen MR) is 65.1 cm³/mol. The summed E-state index contributed by atoms with van der Waals surface area (Å²) in [6.07, 6.45) is 7.38. The lowest BCUT2D eigenvalue weighted by Crippen LogP contribution is -2.24. The first kappa shape index (κ1) is 12.4. The summed E-state index contributed by atoms with van der Waals surface area (Å²) in [7, 11) is 0. The quantitative estimate of drug-likeness (QED) is 0.846. The van der Waals surface area contributed by atoms with Gasteiger partial charge in [-0.3, -0.25) is 4.57 Å². The summed E-state index contributed by atoms with van der Waals surface area (Å²) in [4.78, 5) is 11.5. The smallest absolute Gasteiger partial charge is 0.343 e. The van der Waals surface area contributed by atoms with Crippen molar-refractivity contribution in [3.8, 4) is 0 Å². The zero-order chi connectivity index (χ0) is 12.1. The second kappa shape index (κ2) is 6.00. The Morgan fingerprint density at radius 3 is 2.88 bits per heavy atom. The van der Waals surface area contributed by atoms with Crippen LogP contribution in [0.25, 0.3) is 0 Å². The monoisotopic (exact) mass is 239 g/mol. The van der Waals surface area contributed by atoms with Crippen LogP contribution in [0.1, 0.15) is 44.9 Å². The molecule has 0 radical (unpaired) electrons. The average Bonchev–Trinajstić information content (AvgIpc) is 2.72. The number of hydrogen-bond donors (Lipinski definition) is 1. The van der Waals surface area contributed by atoms with Crippen LogP contribution in [0.5, 0.6) is 0 Å². The molecule has 1 heterocycles. The Labute approximate surface area is 101 Å². The fourth-order valence-electron chi connectivity index (χ4n) is 2.39. The zero-order valence-corrected chi connectivity index (χ0v) is 10.4. The summed E-state index contributed by atoms with van der Waals surface area (Å²) in [5.74, 6) is 0.808. The number of H-pyrrole nitrogens is 1. The van der Waals surface area contributed by atoms with Crippen LogP contribution in [0.2, 0.25) is 0 Å². The number of aryl methyl sites for hydroxylation is 1. The maximum absolute atomic E-state index is 11.5. The number of aromatic nitrogens is 3. The molecule has 0 spiro atoms. The molecule has 1 aromatic rings. The van der Waals surface area contributed by atoms with E-state index in [0.717, 1.165) is 12.2 Å². The minimum atomic E-state index is -0.130. The number of hydrogen-bond acceptors (Lipinski definition) is 3. The molecule has 0 saturated heterocycles. The second-order valence-electron chi connectivity index (χ2n) is 4.58. The van der Waals surface area contributed by atoms with E-state index in [1.807, 2.05) is 6.92 Å². The van der Waals surface area contributed by atoms with Gasteiger partial charge in [0, 0.05) is 6.42 Å². The fraction of sp³-hybridized carbons (Fsp3) is 0.833. The fourth-order valence-corrected chi connectivity index (χ4v) is 2.39. The Morgan fingerprint density at radius 1 is 1.41 bits per heavy atom. The Bertz CT molecular complexity index is 391. The highest BCUT2D eigenvalue weighted by atomic mass is 16.5. The molecule has 1 aliphatic rings. The van der Waals surface area contributed by atoms with Gasteiger partial charge in [0.25, 0.3) is 0 Å². The van der Waals surface area contributed by atoms with Gasteiger partial charge in [0.2, 0.25) is 0 Å². The highest BCUT2D eigenvalue weighted by molar-refractivity contribution is 4.84. The van der Waals surface area contributed by atoms with Crippen molar-refractivity contribution in [3.05, 3.63) is 16.3 Å². The van der Waals surface area contributed by atoms with Crippen molar-refractivity contribution in [1.29, 1.82) is 0 Å². The molecule has 0 atom stereocenters. The van der Waals surface area contributed by atoms with Gasteiger partial charge in [-0.25, -0.2) is 9.89 Å². The van der Waals surface area contributed by atoms with Crippen LogP contribution >= 0.6 is 0 Å². The molecule has 0 bridgehead atoms. The molecule has 1 fully saturated rings. The summed E-state index contributed by atoms with van der Waals surface area (Å²) in [5.41, 5.74) is -0.130. The number of nitrogens with zero attached hydrogens (tertiary/aromatic N) is 2. The molecule has 0 unspecified atom stereocenters. The molecule has 0 aromatic carbocycles. The van der Waals surface area contributed by atoms with Crippen LogP contribution in [0.15, 0.2) is 4.79 Å². The second-order valence-corrected chi connectivity index (χ2v) is 4.58. The van der Waals surface area contributed by atoms with Crippen molar-refractivity contribution in [2.24, 2.45) is 0 Å². The molecule has 17 heavy (non-hydrogen) atoms. The summed E-state index contributed by atoms with van der Waals surface area (Å²) < 4.78 is 7.48. The van der Waals surface area contributed by atoms with Gasteiger partial charge in [0.15, 0.2) is 0 Å². The van der Waals surface area contributed by atoms with Crippen molar-refractivity contribution in [2.75, 3.05) is 6.61 Å². The summed E-state index contributed by atoms with van der Waals surface area (Å²) in [5, 5.41) is 6.45. The number of ether oxygens (including phenoxy) is 1. The van der Waals surface area contributed by atoms with E-state index in [4.69, 9.17) is 4.74 Å². The van der Waals surface area contributed by atoms with Crippen LogP contribution in [-0.2, 0) is 17.7 Å². The molecule has 1 saturated carbocycles. The van der Waals surface area contributed by atoms with E-state index in [0.29, 0.717) is 19.3 Å². The van der Waals surface area contributed by atoms with Gasteiger partial charge in [-0.15, -0.1) is 0 Å². The van der Waals surface area contributed by atoms with Crippen LogP contribution in [0.4, 0.5) is 0 Å². The lowest BCUT2D eigenvalue weighted by Gasteiger charge is -2.22. The van der Waals surface area contributed by atoms with Crippen molar-refractivity contribution >= 4 is 0 Å². The lowest BCUT2D eigenvalue weighted by molar-refractivity contribution is 0.0235. The SMILES string of the molecule is CCc1n[nH]c(=O)n1CCOC1CCCCC1. The average molecular weight is 239 g/mol. The highest BCUT2D eigenvalue weighted by Gasteiger charge is 2.14. The molecule has 1 N–H and O–H groups in total. The highest BCUT2D eigenvalue weighted by Crippen LogP contribution is 2.20. The Hall–Kier alpha value is -1.10. The van der Waals surface area contributed by atoms with E-state index in [1.165, 1.54) is 32.1 Å². The van der Waals surface area contributed by atoms with E-state index < -0.39 is 0 Å². The molecule has 1 aliphatic carbocycles. The molecule has 5 nitrogen and oxygen atoms in total. The third kappa shape index (κ3) is 3.19. The summed E-state index contributed by atoms with van der Waals surface area (Å²) in [6.45, 7) is 3.21. The molecular formula is C12H21N3O2. The number of rotatable bonds is 5. The van der Waals surface area contributed by atoms with Crippen molar-refractivity contribution in [1.82, 2.24) is 14.8 Å². The van der Waals surface area contributed by atoms with Crippen molar-refractivity contribution in [2.45, 2.75) is 58.1 Å². The van der Waals surface area contributed by atoms with Gasteiger partial charge in [-0.2, -0.15) is 5.10 Å². The minimum Gasteiger partial charge on any atom is -0.376 e. The predicted octanol–water partition coefficient (Wildman–Crippen LogP) is 1.48. The largest absolute Gasteiger partial charge is 0.376 e. The van der Waals surface area contributed by atoms with Crippen molar-refractivity contribution in [3.63, 3.8) is 0 Å².